The van der Waals surface area contributed by atoms with Crippen LogP contribution in [0, 0.1) is 5.92 Å². The number of fused-ring (bicyclic) bond motifs is 5. The van der Waals surface area contributed by atoms with Crippen molar-refractivity contribution in [2.45, 2.75) is 37.5 Å². The molecule has 2 bridgehead atoms. The van der Waals surface area contributed by atoms with Crippen molar-refractivity contribution in [1.82, 2.24) is 0 Å². The molecule has 0 saturated heterocycles. The fraction of sp³-hybridized carbons (Fsp3) is 0.318. The zero-order chi connectivity index (χ0) is 15.4. The van der Waals surface area contributed by atoms with Gasteiger partial charge in [0.25, 0.3) is 0 Å². The second kappa shape index (κ2) is 4.67. The summed E-state index contributed by atoms with van der Waals surface area (Å²) in [6.45, 7) is 0. The van der Waals surface area contributed by atoms with Crippen LogP contribution in [0.5, 0.6) is 0 Å². The maximum absolute atomic E-state index is 13.0. The van der Waals surface area contributed by atoms with Crippen molar-refractivity contribution < 1.29 is 4.79 Å². The number of rotatable bonds is 1. The summed E-state index contributed by atoms with van der Waals surface area (Å²) in [6.07, 6.45) is 7.18. The number of carbonyl (C=O) groups excluding carboxylic acids is 1. The highest BCUT2D eigenvalue weighted by Crippen LogP contribution is 2.57. The first-order chi connectivity index (χ1) is 11.3. The first-order valence-corrected chi connectivity index (χ1v) is 8.68. The van der Waals surface area contributed by atoms with Gasteiger partial charge in [-0.25, -0.2) is 0 Å². The molecule has 1 saturated carbocycles. The fourth-order valence-corrected chi connectivity index (χ4v) is 5.23. The predicted octanol–water partition coefficient (Wildman–Crippen LogP) is 4.85. The molecule has 0 N–H and O–H groups in total. The van der Waals surface area contributed by atoms with Gasteiger partial charge in [-0.05, 0) is 53.9 Å². The van der Waals surface area contributed by atoms with E-state index in [0.717, 1.165) is 25.7 Å². The summed E-state index contributed by atoms with van der Waals surface area (Å²) in [6, 6.07) is 17.2. The highest BCUT2D eigenvalue weighted by atomic mass is 16.1. The van der Waals surface area contributed by atoms with Crippen molar-refractivity contribution in [1.29, 1.82) is 0 Å². The summed E-state index contributed by atoms with van der Waals surface area (Å²) in [7, 11) is 0. The number of Topliss-reactive ketones (excluding diaryl/α,β-unsaturated/α-hetero) is 1. The van der Waals surface area contributed by atoms with E-state index in [4.69, 9.17) is 0 Å². The molecule has 2 aromatic carbocycles. The average Bonchev–Trinajstić information content (AvgIpc) is 3.21. The van der Waals surface area contributed by atoms with Crippen LogP contribution in [0.3, 0.4) is 0 Å². The molecular weight excluding hydrogens is 280 g/mol. The van der Waals surface area contributed by atoms with Crippen molar-refractivity contribution >= 4 is 5.78 Å². The van der Waals surface area contributed by atoms with Crippen LogP contribution in [-0.2, 0) is 16.6 Å². The third-order valence-electron chi connectivity index (χ3n) is 6.24. The van der Waals surface area contributed by atoms with Crippen LogP contribution in [0.25, 0.3) is 11.1 Å². The largest absolute Gasteiger partial charge is 0.299 e. The maximum Gasteiger partial charge on any atom is 0.144 e. The molecule has 5 rings (SSSR count). The van der Waals surface area contributed by atoms with Gasteiger partial charge in [0.2, 0.25) is 0 Å². The third kappa shape index (κ3) is 1.71. The standard InChI is InChI=1S/C22H20O/c23-21-12-11-19-18(16-5-2-1-3-6-16)7-4-8-20(19)22(21)14-15-9-10-17(22)13-15/h1-9,17H,10-14H2. The predicted molar refractivity (Wildman–Crippen MR) is 92.3 cm³/mol. The Bertz CT molecular complexity index is 830. The van der Waals surface area contributed by atoms with Crippen molar-refractivity contribution in [2.24, 2.45) is 5.92 Å². The lowest BCUT2D eigenvalue weighted by Gasteiger charge is -2.40. The molecule has 1 nitrogen and oxygen atoms in total. The molecule has 0 heterocycles. The van der Waals surface area contributed by atoms with Gasteiger partial charge in [0, 0.05) is 6.42 Å². The van der Waals surface area contributed by atoms with E-state index in [2.05, 4.69) is 54.6 Å². The molecule has 2 atom stereocenters. The Morgan fingerprint density at radius 3 is 2.57 bits per heavy atom. The lowest BCUT2D eigenvalue weighted by atomic mass is 9.61. The van der Waals surface area contributed by atoms with Crippen LogP contribution in [-0.4, -0.2) is 5.78 Å². The molecule has 3 aliphatic rings. The number of allylic oxidation sites excluding steroid dienone is 2. The molecule has 114 valence electrons. The zero-order valence-corrected chi connectivity index (χ0v) is 13.2. The van der Waals surface area contributed by atoms with Gasteiger partial charge >= 0.3 is 0 Å². The smallest absolute Gasteiger partial charge is 0.144 e. The molecule has 1 fully saturated rings. The van der Waals surface area contributed by atoms with Gasteiger partial charge in [0.15, 0.2) is 0 Å². The molecule has 23 heavy (non-hydrogen) atoms. The van der Waals surface area contributed by atoms with E-state index in [9.17, 15) is 4.79 Å². The second-order valence-corrected chi connectivity index (χ2v) is 7.27. The average molecular weight is 300 g/mol. The monoisotopic (exact) mass is 300 g/mol. The summed E-state index contributed by atoms with van der Waals surface area (Å²) < 4.78 is 0. The highest BCUT2D eigenvalue weighted by molar-refractivity contribution is 5.95. The first kappa shape index (κ1) is 13.3. The molecule has 3 aliphatic carbocycles. The number of hydrogen-bond acceptors (Lipinski definition) is 1. The van der Waals surface area contributed by atoms with Crippen LogP contribution in [0.2, 0.25) is 0 Å². The van der Waals surface area contributed by atoms with E-state index in [-0.39, 0.29) is 5.41 Å². The highest BCUT2D eigenvalue weighted by Gasteiger charge is 2.55. The summed E-state index contributed by atoms with van der Waals surface area (Å²) in [5, 5.41) is 0. The Balaban J connectivity index is 1.74. The van der Waals surface area contributed by atoms with Crippen LogP contribution in [0.4, 0.5) is 0 Å². The summed E-state index contributed by atoms with van der Waals surface area (Å²) in [4.78, 5) is 13.0. The molecule has 2 unspecified atom stereocenters. The van der Waals surface area contributed by atoms with E-state index >= 15 is 0 Å². The molecule has 0 radical (unpaired) electrons. The van der Waals surface area contributed by atoms with E-state index in [1.165, 1.54) is 27.8 Å². The van der Waals surface area contributed by atoms with Gasteiger partial charge < -0.3 is 0 Å². The van der Waals surface area contributed by atoms with Crippen molar-refractivity contribution in [3.05, 3.63) is 71.3 Å². The Labute approximate surface area is 137 Å². The van der Waals surface area contributed by atoms with E-state index in [0.29, 0.717) is 18.1 Å². The normalized spacial score (nSPS) is 28.1. The quantitative estimate of drug-likeness (QED) is 0.688. The maximum atomic E-state index is 13.0. The van der Waals surface area contributed by atoms with Gasteiger partial charge in [0.05, 0.1) is 5.41 Å². The minimum Gasteiger partial charge on any atom is -0.299 e. The fourth-order valence-electron chi connectivity index (χ4n) is 5.23. The van der Waals surface area contributed by atoms with Gasteiger partial charge in [0.1, 0.15) is 5.78 Å². The molecular formula is C22H20O. The van der Waals surface area contributed by atoms with Gasteiger partial charge in [-0.1, -0.05) is 60.2 Å². The third-order valence-corrected chi connectivity index (χ3v) is 6.24. The lowest BCUT2D eigenvalue weighted by molar-refractivity contribution is -0.126. The molecule has 1 spiro atoms. The van der Waals surface area contributed by atoms with Crippen molar-refractivity contribution in [3.8, 4) is 11.1 Å². The lowest BCUT2D eigenvalue weighted by Crippen LogP contribution is -2.43. The minimum absolute atomic E-state index is 0.206. The molecule has 2 aromatic rings. The van der Waals surface area contributed by atoms with Crippen LogP contribution in [0.1, 0.15) is 36.8 Å². The summed E-state index contributed by atoms with van der Waals surface area (Å²) >= 11 is 0. The minimum atomic E-state index is -0.206. The summed E-state index contributed by atoms with van der Waals surface area (Å²) in [5.74, 6) is 0.999. The van der Waals surface area contributed by atoms with Crippen LogP contribution in [0.15, 0.2) is 60.2 Å². The van der Waals surface area contributed by atoms with Gasteiger partial charge in [-0.3, -0.25) is 4.79 Å². The van der Waals surface area contributed by atoms with Gasteiger partial charge in [-0.2, -0.15) is 0 Å². The molecule has 1 heteroatoms. The SMILES string of the molecule is O=C1CCc2c(-c3ccccc3)cccc2C12CC1=CCC2C1. The van der Waals surface area contributed by atoms with Crippen LogP contribution < -0.4 is 0 Å². The number of carbonyl (C=O) groups is 1. The Hall–Kier alpha value is -2.15. The Morgan fingerprint density at radius 2 is 1.83 bits per heavy atom. The Morgan fingerprint density at radius 1 is 0.957 bits per heavy atom. The number of benzene rings is 2. The topological polar surface area (TPSA) is 17.1 Å². The Kier molecular flexibility index (Phi) is 2.70. The zero-order valence-electron chi connectivity index (χ0n) is 13.2. The van der Waals surface area contributed by atoms with E-state index in [1.807, 2.05) is 0 Å². The van der Waals surface area contributed by atoms with Crippen molar-refractivity contribution in [3.63, 3.8) is 0 Å². The number of hydrogen-bond donors (Lipinski definition) is 0. The molecule has 0 aromatic heterocycles. The van der Waals surface area contributed by atoms with Crippen LogP contribution >= 0.6 is 0 Å². The molecule has 0 aliphatic heterocycles. The van der Waals surface area contributed by atoms with Crippen molar-refractivity contribution in [2.75, 3.05) is 0 Å². The first-order valence-electron chi connectivity index (χ1n) is 8.68. The summed E-state index contributed by atoms with van der Waals surface area (Å²) in [5.41, 5.74) is 6.67. The van der Waals surface area contributed by atoms with Gasteiger partial charge in [-0.15, -0.1) is 0 Å². The second-order valence-electron chi connectivity index (χ2n) is 7.27. The molecule has 0 amide bonds. The van der Waals surface area contributed by atoms with E-state index in [1.54, 1.807) is 0 Å². The van der Waals surface area contributed by atoms with E-state index < -0.39 is 0 Å². The number of ketones is 1.